The Hall–Kier alpha value is -3.34. The van der Waals surface area contributed by atoms with Gasteiger partial charge >= 0.3 is 0 Å². The molecule has 1 atom stereocenters. The summed E-state index contributed by atoms with van der Waals surface area (Å²) in [7, 11) is 3.16. The average Bonchev–Trinajstić information content (AvgIpc) is 3.35. The molecule has 5 rings (SSSR count). The van der Waals surface area contributed by atoms with Gasteiger partial charge in [0.1, 0.15) is 18.0 Å². The fourth-order valence-corrected chi connectivity index (χ4v) is 4.65. The number of aryl methyl sites for hydroxylation is 2. The Bertz CT molecular complexity index is 1350. The van der Waals surface area contributed by atoms with Crippen LogP contribution < -0.4 is 10.1 Å². The van der Waals surface area contributed by atoms with Crippen molar-refractivity contribution in [2.45, 2.75) is 31.9 Å². The van der Waals surface area contributed by atoms with Crippen LogP contribution in [0.25, 0.3) is 27.7 Å². The molecular formula is C23H26F3N7O. The van der Waals surface area contributed by atoms with Crippen molar-refractivity contribution < 1.29 is 17.9 Å². The number of ether oxygens (including phenoxy) is 1. The molecule has 8 nitrogen and oxygen atoms in total. The minimum Gasteiger partial charge on any atom is -0.479 e. The van der Waals surface area contributed by atoms with Gasteiger partial charge in [-0.1, -0.05) is 6.07 Å². The molecule has 180 valence electrons. The summed E-state index contributed by atoms with van der Waals surface area (Å²) in [6.45, 7) is 1.83. The van der Waals surface area contributed by atoms with Crippen LogP contribution in [0.2, 0.25) is 0 Å². The fraction of sp³-hybridized carbons (Fsp3) is 0.435. The normalized spacial score (nSPS) is 18.6. The monoisotopic (exact) mass is 473 g/mol. The molecule has 1 aliphatic rings. The summed E-state index contributed by atoms with van der Waals surface area (Å²) in [6.07, 6.45) is 2.01. The van der Waals surface area contributed by atoms with Crippen molar-refractivity contribution >= 4 is 22.5 Å². The number of halogens is 3. The highest BCUT2D eigenvalue weighted by atomic mass is 19.3. The first-order chi connectivity index (χ1) is 16.3. The van der Waals surface area contributed by atoms with Crippen LogP contribution in [0.4, 0.5) is 19.1 Å². The van der Waals surface area contributed by atoms with Crippen molar-refractivity contribution in [3.8, 4) is 17.0 Å². The van der Waals surface area contributed by atoms with Crippen LogP contribution in [0.1, 0.15) is 12.2 Å². The third kappa shape index (κ3) is 3.83. The van der Waals surface area contributed by atoms with Gasteiger partial charge in [0.15, 0.2) is 0 Å². The fourth-order valence-electron chi connectivity index (χ4n) is 4.65. The highest BCUT2D eigenvalue weighted by Crippen LogP contribution is 2.34. The number of anilines is 1. The van der Waals surface area contributed by atoms with E-state index >= 15 is 0 Å². The van der Waals surface area contributed by atoms with E-state index in [-0.39, 0.29) is 31.3 Å². The van der Waals surface area contributed by atoms with E-state index in [9.17, 15) is 13.2 Å². The second-order valence-corrected chi connectivity index (χ2v) is 8.65. The Balaban J connectivity index is 1.54. The van der Waals surface area contributed by atoms with Crippen molar-refractivity contribution in [3.63, 3.8) is 0 Å². The number of likely N-dealkylation sites (tertiary alicyclic amines) is 1. The van der Waals surface area contributed by atoms with Crippen molar-refractivity contribution in [1.82, 2.24) is 29.0 Å². The van der Waals surface area contributed by atoms with Gasteiger partial charge in [0.2, 0.25) is 11.8 Å². The van der Waals surface area contributed by atoms with E-state index in [0.29, 0.717) is 12.1 Å². The van der Waals surface area contributed by atoms with E-state index < -0.39 is 18.6 Å². The molecule has 0 spiro atoms. The number of nitrogens with one attached hydrogen (secondary N) is 1. The van der Waals surface area contributed by atoms with E-state index in [2.05, 4.69) is 20.4 Å². The minimum absolute atomic E-state index is 0.0767. The van der Waals surface area contributed by atoms with E-state index in [0.717, 1.165) is 28.0 Å². The number of aromatic nitrogens is 5. The van der Waals surface area contributed by atoms with Crippen LogP contribution >= 0.6 is 0 Å². The summed E-state index contributed by atoms with van der Waals surface area (Å²) in [5, 5.41) is 7.23. The smallest absolute Gasteiger partial charge is 0.280 e. The number of rotatable bonds is 6. The van der Waals surface area contributed by atoms with Gasteiger partial charge in [0.25, 0.3) is 5.92 Å². The number of piperidine rings is 1. The second kappa shape index (κ2) is 8.46. The molecule has 1 aromatic carbocycles. The standard InChI is InChI=1S/C23H26F3N7O/c1-14-27-17-5-4-15(12-18(17)32(14)11-8-24)16-6-10-33-20(16)21(34-3)29-22(30-33)28-19-7-9-31(2)13-23(19,25)26/h4-6,10,12,19H,7-9,11,13H2,1-3H3,(H,28,30). The van der Waals surface area contributed by atoms with Crippen LogP contribution in [0.15, 0.2) is 30.5 Å². The number of hydrogen-bond donors (Lipinski definition) is 1. The van der Waals surface area contributed by atoms with Crippen LogP contribution in [-0.4, -0.2) is 74.9 Å². The van der Waals surface area contributed by atoms with Gasteiger partial charge in [-0.25, -0.2) is 22.7 Å². The molecule has 3 aromatic heterocycles. The summed E-state index contributed by atoms with van der Waals surface area (Å²) < 4.78 is 51.1. The predicted octanol–water partition coefficient (Wildman–Crippen LogP) is 3.78. The SMILES string of the molecule is COc1nc(NC2CCN(C)CC2(F)F)nn2ccc(-c3ccc4nc(C)n(CCF)c4c3)c12. The van der Waals surface area contributed by atoms with E-state index in [1.54, 1.807) is 22.7 Å². The highest BCUT2D eigenvalue weighted by Gasteiger charge is 2.44. The summed E-state index contributed by atoms with van der Waals surface area (Å²) in [5.41, 5.74) is 3.89. The Morgan fingerprint density at radius 1 is 1.24 bits per heavy atom. The molecule has 0 amide bonds. The number of alkyl halides is 3. The van der Waals surface area contributed by atoms with Crippen LogP contribution in [-0.2, 0) is 6.54 Å². The molecule has 1 saturated heterocycles. The molecular weight excluding hydrogens is 447 g/mol. The Morgan fingerprint density at radius 3 is 2.79 bits per heavy atom. The highest BCUT2D eigenvalue weighted by molar-refractivity contribution is 5.89. The van der Waals surface area contributed by atoms with Gasteiger partial charge in [0.05, 0.1) is 37.3 Å². The lowest BCUT2D eigenvalue weighted by Crippen LogP contribution is -2.53. The van der Waals surface area contributed by atoms with E-state index in [1.165, 1.54) is 7.11 Å². The van der Waals surface area contributed by atoms with Crippen LogP contribution in [0.3, 0.4) is 0 Å². The molecule has 4 aromatic rings. The van der Waals surface area contributed by atoms with Gasteiger partial charge in [-0.05, 0) is 44.2 Å². The van der Waals surface area contributed by atoms with Crippen LogP contribution in [0.5, 0.6) is 5.88 Å². The maximum atomic E-state index is 14.5. The zero-order valence-electron chi connectivity index (χ0n) is 19.2. The number of imidazole rings is 1. The first-order valence-corrected chi connectivity index (χ1v) is 11.1. The van der Waals surface area contributed by atoms with Gasteiger partial charge in [-0.2, -0.15) is 4.98 Å². The Labute approximate surface area is 194 Å². The predicted molar refractivity (Wildman–Crippen MR) is 123 cm³/mol. The topological polar surface area (TPSA) is 72.5 Å². The molecule has 1 fully saturated rings. The zero-order valence-corrected chi connectivity index (χ0v) is 19.2. The van der Waals surface area contributed by atoms with Gasteiger partial charge < -0.3 is 19.5 Å². The molecule has 1 N–H and O–H groups in total. The number of hydrogen-bond acceptors (Lipinski definition) is 6. The lowest BCUT2D eigenvalue weighted by molar-refractivity contribution is -0.0675. The number of nitrogens with zero attached hydrogens (tertiary/aromatic N) is 6. The second-order valence-electron chi connectivity index (χ2n) is 8.65. The zero-order chi connectivity index (χ0) is 24.0. The lowest BCUT2D eigenvalue weighted by atomic mass is 10.0. The van der Waals surface area contributed by atoms with E-state index in [1.807, 2.05) is 35.8 Å². The van der Waals surface area contributed by atoms with Gasteiger partial charge in [-0.3, -0.25) is 0 Å². The summed E-state index contributed by atoms with van der Waals surface area (Å²) >= 11 is 0. The third-order valence-electron chi connectivity index (χ3n) is 6.32. The van der Waals surface area contributed by atoms with Gasteiger partial charge in [0, 0.05) is 18.3 Å². The Morgan fingerprint density at radius 2 is 2.06 bits per heavy atom. The van der Waals surface area contributed by atoms with E-state index in [4.69, 9.17) is 4.74 Å². The summed E-state index contributed by atoms with van der Waals surface area (Å²) in [5.74, 6) is -1.82. The maximum Gasteiger partial charge on any atom is 0.280 e. The molecule has 0 saturated carbocycles. The number of methoxy groups -OCH3 is 1. The number of fused-ring (bicyclic) bond motifs is 2. The molecule has 11 heteroatoms. The third-order valence-corrected chi connectivity index (χ3v) is 6.32. The first kappa shape index (κ1) is 22.5. The lowest BCUT2D eigenvalue weighted by Gasteiger charge is -2.36. The summed E-state index contributed by atoms with van der Waals surface area (Å²) in [6, 6.07) is 6.56. The van der Waals surface area contributed by atoms with Crippen molar-refractivity contribution in [2.24, 2.45) is 0 Å². The maximum absolute atomic E-state index is 14.5. The molecule has 4 heterocycles. The van der Waals surface area contributed by atoms with Gasteiger partial charge in [-0.15, -0.1) is 5.10 Å². The van der Waals surface area contributed by atoms with Crippen molar-refractivity contribution in [2.75, 3.05) is 39.2 Å². The summed E-state index contributed by atoms with van der Waals surface area (Å²) in [4.78, 5) is 10.5. The average molecular weight is 474 g/mol. The quantitative estimate of drug-likeness (QED) is 0.460. The molecule has 0 bridgehead atoms. The van der Waals surface area contributed by atoms with Crippen LogP contribution in [0, 0.1) is 6.92 Å². The molecule has 0 aliphatic carbocycles. The molecule has 0 radical (unpaired) electrons. The largest absolute Gasteiger partial charge is 0.479 e. The number of benzene rings is 1. The minimum atomic E-state index is -2.91. The Kier molecular flexibility index (Phi) is 5.59. The van der Waals surface area contributed by atoms with Crippen molar-refractivity contribution in [3.05, 3.63) is 36.3 Å². The first-order valence-electron chi connectivity index (χ1n) is 11.1. The molecule has 1 aliphatic heterocycles. The van der Waals surface area contributed by atoms with Crippen molar-refractivity contribution in [1.29, 1.82) is 0 Å². The molecule has 1 unspecified atom stereocenters. The molecule has 34 heavy (non-hydrogen) atoms.